The molecule has 1 N–H and O–H groups in total. The number of aliphatic hydroxyl groups is 1. The van der Waals surface area contributed by atoms with E-state index in [1.165, 1.54) is 32.1 Å². The number of nitrogens with zero attached hydrogens (tertiary/aromatic N) is 1. The van der Waals surface area contributed by atoms with Crippen molar-refractivity contribution < 1.29 is 24.2 Å². The molecule has 0 saturated carbocycles. The third-order valence-electron chi connectivity index (χ3n) is 3.81. The summed E-state index contributed by atoms with van der Waals surface area (Å²) in [5, 5.41) is 10.9. The molecule has 8 heteroatoms. The summed E-state index contributed by atoms with van der Waals surface area (Å²) in [6, 6.07) is 3.89. The van der Waals surface area contributed by atoms with Crippen LogP contribution in [0.4, 0.5) is 0 Å². The normalized spacial score (nSPS) is 18.0. The minimum Gasteiger partial charge on any atom is -0.503 e. The highest BCUT2D eigenvalue weighted by atomic mass is 35.5. The van der Waals surface area contributed by atoms with E-state index >= 15 is 0 Å². The lowest BCUT2D eigenvalue weighted by Crippen LogP contribution is -2.39. The minimum atomic E-state index is -0.840. The summed E-state index contributed by atoms with van der Waals surface area (Å²) < 4.78 is 10.2. The first kappa shape index (κ1) is 18.7. The minimum absolute atomic E-state index is 0.0102. The molecule has 1 heterocycles. The molecule has 1 aliphatic heterocycles. The first-order valence-corrected chi connectivity index (χ1v) is 7.83. The predicted molar refractivity (Wildman–Crippen MR) is 89.1 cm³/mol. The van der Waals surface area contributed by atoms with Gasteiger partial charge >= 0.3 is 0 Å². The van der Waals surface area contributed by atoms with E-state index in [0.717, 1.165) is 0 Å². The van der Waals surface area contributed by atoms with Crippen LogP contribution in [0, 0.1) is 0 Å². The van der Waals surface area contributed by atoms with Crippen molar-refractivity contribution in [3.8, 4) is 0 Å². The molecular formula is C16H17Cl2NO5. The lowest BCUT2D eigenvalue weighted by atomic mass is 9.96. The monoisotopic (exact) mass is 373 g/mol. The van der Waals surface area contributed by atoms with Crippen molar-refractivity contribution >= 4 is 34.9 Å². The molecule has 1 aromatic carbocycles. The molecule has 0 spiro atoms. The number of halogens is 2. The average molecular weight is 374 g/mol. The molecule has 0 aromatic heterocycles. The van der Waals surface area contributed by atoms with Crippen molar-refractivity contribution in [1.29, 1.82) is 0 Å². The summed E-state index contributed by atoms with van der Waals surface area (Å²) in [6.45, 7) is 1.29. The van der Waals surface area contributed by atoms with Crippen molar-refractivity contribution in [2.45, 2.75) is 19.3 Å². The Balaban J connectivity index is 2.54. The van der Waals surface area contributed by atoms with Gasteiger partial charge in [0, 0.05) is 24.3 Å². The van der Waals surface area contributed by atoms with Crippen LogP contribution in [0.3, 0.4) is 0 Å². The lowest BCUT2D eigenvalue weighted by Gasteiger charge is -2.29. The number of amides is 1. The smallest absolute Gasteiger partial charge is 0.290 e. The second kappa shape index (κ2) is 7.53. The van der Waals surface area contributed by atoms with Crippen LogP contribution in [-0.2, 0) is 19.1 Å². The van der Waals surface area contributed by atoms with Gasteiger partial charge in [0.25, 0.3) is 5.91 Å². The third-order valence-corrected chi connectivity index (χ3v) is 4.37. The quantitative estimate of drug-likeness (QED) is 0.775. The van der Waals surface area contributed by atoms with E-state index in [-0.39, 0.29) is 17.1 Å². The number of rotatable bonds is 6. The van der Waals surface area contributed by atoms with Crippen LogP contribution in [0.5, 0.6) is 0 Å². The van der Waals surface area contributed by atoms with Crippen LogP contribution < -0.4 is 0 Å². The van der Waals surface area contributed by atoms with Crippen molar-refractivity contribution in [3.05, 3.63) is 45.1 Å². The summed E-state index contributed by atoms with van der Waals surface area (Å²) in [4.78, 5) is 25.7. The molecule has 1 aromatic rings. The van der Waals surface area contributed by atoms with E-state index in [2.05, 4.69) is 0 Å². The van der Waals surface area contributed by atoms with E-state index in [1.807, 2.05) is 0 Å². The SMILES string of the molecule is COC(CN1C(=O)C(O)=C(C(C)=O)[C@H]1c1ccc(Cl)cc1Cl)OC. The van der Waals surface area contributed by atoms with Gasteiger partial charge in [0.05, 0.1) is 18.2 Å². The molecule has 0 fully saturated rings. The zero-order chi connectivity index (χ0) is 18.0. The van der Waals surface area contributed by atoms with Crippen molar-refractivity contribution in [3.63, 3.8) is 0 Å². The highest BCUT2D eigenvalue weighted by molar-refractivity contribution is 6.35. The van der Waals surface area contributed by atoms with Crippen molar-refractivity contribution in [2.75, 3.05) is 20.8 Å². The Hall–Kier alpha value is -1.60. The Morgan fingerprint density at radius 2 is 1.96 bits per heavy atom. The highest BCUT2D eigenvalue weighted by Crippen LogP contribution is 2.41. The Labute approximate surface area is 149 Å². The highest BCUT2D eigenvalue weighted by Gasteiger charge is 2.44. The number of Topliss-reactive ketones (excluding diaryl/α,β-unsaturated/α-hetero) is 1. The summed E-state index contributed by atoms with van der Waals surface area (Å²) >= 11 is 12.2. The van der Waals surface area contributed by atoms with Gasteiger partial charge in [-0.05, 0) is 24.6 Å². The fourth-order valence-corrected chi connectivity index (χ4v) is 3.17. The van der Waals surface area contributed by atoms with E-state index in [9.17, 15) is 14.7 Å². The van der Waals surface area contributed by atoms with E-state index in [0.29, 0.717) is 10.6 Å². The number of hydrogen-bond acceptors (Lipinski definition) is 5. The maximum absolute atomic E-state index is 12.4. The maximum atomic E-state index is 12.4. The second-order valence-electron chi connectivity index (χ2n) is 5.25. The molecule has 24 heavy (non-hydrogen) atoms. The molecule has 0 radical (unpaired) electrons. The molecule has 1 atom stereocenters. The number of methoxy groups -OCH3 is 2. The third kappa shape index (κ3) is 3.42. The molecule has 0 bridgehead atoms. The molecule has 130 valence electrons. The molecule has 1 aliphatic rings. The van der Waals surface area contributed by atoms with Crippen LogP contribution in [0.25, 0.3) is 0 Å². The molecule has 0 saturated heterocycles. The van der Waals surface area contributed by atoms with E-state index in [4.69, 9.17) is 32.7 Å². The zero-order valence-corrected chi connectivity index (χ0v) is 14.9. The second-order valence-corrected chi connectivity index (χ2v) is 6.09. The lowest BCUT2D eigenvalue weighted by molar-refractivity contribution is -0.144. The Kier molecular flexibility index (Phi) is 5.87. The molecule has 6 nitrogen and oxygen atoms in total. The number of carbonyl (C=O) groups excluding carboxylic acids is 2. The summed E-state index contributed by atoms with van der Waals surface area (Å²) in [5.74, 6) is -1.70. The zero-order valence-electron chi connectivity index (χ0n) is 13.4. The Morgan fingerprint density at radius 3 is 2.46 bits per heavy atom. The maximum Gasteiger partial charge on any atom is 0.290 e. The summed E-state index contributed by atoms with van der Waals surface area (Å²) in [7, 11) is 2.86. The van der Waals surface area contributed by atoms with Gasteiger partial charge in [0.15, 0.2) is 17.8 Å². The number of hydrogen-bond donors (Lipinski definition) is 1. The topological polar surface area (TPSA) is 76.1 Å². The Morgan fingerprint density at radius 1 is 1.33 bits per heavy atom. The van der Waals surface area contributed by atoms with Gasteiger partial charge in [0.1, 0.15) is 0 Å². The van der Waals surface area contributed by atoms with Crippen LogP contribution in [0.2, 0.25) is 10.0 Å². The summed E-state index contributed by atoms with van der Waals surface area (Å²) in [6.07, 6.45) is -0.721. The standard InChI is InChI=1S/C16H17Cl2NO5/c1-8(20)13-14(10-5-4-9(17)6-11(10)18)19(16(22)15(13)21)7-12(23-2)24-3/h4-6,12,14,21H,7H2,1-3H3/t14-/m1/s1. The van der Waals surface area contributed by atoms with Gasteiger partial charge in [-0.25, -0.2) is 0 Å². The number of ether oxygens (including phenoxy) is 2. The van der Waals surface area contributed by atoms with Gasteiger partial charge in [-0.1, -0.05) is 29.3 Å². The average Bonchev–Trinajstić information content (AvgIpc) is 2.77. The van der Waals surface area contributed by atoms with Gasteiger partial charge in [-0.15, -0.1) is 0 Å². The first-order chi connectivity index (χ1) is 11.3. The van der Waals surface area contributed by atoms with Gasteiger partial charge in [-0.3, -0.25) is 9.59 Å². The number of aliphatic hydroxyl groups excluding tert-OH is 1. The van der Waals surface area contributed by atoms with Crippen LogP contribution in [-0.4, -0.2) is 48.8 Å². The van der Waals surface area contributed by atoms with Crippen LogP contribution in [0.1, 0.15) is 18.5 Å². The summed E-state index contributed by atoms with van der Waals surface area (Å²) in [5.41, 5.74) is 0.463. The fourth-order valence-electron chi connectivity index (χ4n) is 2.65. The van der Waals surface area contributed by atoms with Crippen LogP contribution in [0.15, 0.2) is 29.5 Å². The molecule has 0 aliphatic carbocycles. The van der Waals surface area contributed by atoms with Gasteiger partial charge in [-0.2, -0.15) is 0 Å². The number of benzene rings is 1. The number of ketones is 1. The fraction of sp³-hybridized carbons (Fsp3) is 0.375. The largest absolute Gasteiger partial charge is 0.503 e. The van der Waals surface area contributed by atoms with E-state index < -0.39 is 29.8 Å². The first-order valence-electron chi connectivity index (χ1n) is 7.07. The number of carbonyl (C=O) groups is 2. The molecule has 0 unspecified atom stereocenters. The van der Waals surface area contributed by atoms with Crippen molar-refractivity contribution in [2.24, 2.45) is 0 Å². The molecule has 1 amide bonds. The molecule has 2 rings (SSSR count). The van der Waals surface area contributed by atoms with Gasteiger partial charge < -0.3 is 19.5 Å². The van der Waals surface area contributed by atoms with Crippen LogP contribution >= 0.6 is 23.2 Å². The predicted octanol–water partition coefficient (Wildman–Crippen LogP) is 2.90. The van der Waals surface area contributed by atoms with E-state index in [1.54, 1.807) is 12.1 Å². The Bertz CT molecular complexity index is 700. The van der Waals surface area contributed by atoms with Gasteiger partial charge in [0.2, 0.25) is 0 Å². The van der Waals surface area contributed by atoms with Crippen molar-refractivity contribution in [1.82, 2.24) is 4.90 Å². The molecular weight excluding hydrogens is 357 g/mol.